The van der Waals surface area contributed by atoms with Crippen molar-refractivity contribution < 1.29 is 9.29 Å². The third kappa shape index (κ3) is 3.83. The smallest absolute Gasteiger partial charge is 0.234 e. The molecule has 2 aromatic heterocycles. The quantitative estimate of drug-likeness (QED) is 0.396. The summed E-state index contributed by atoms with van der Waals surface area (Å²) in [4.78, 5) is 9.79. The molecule has 0 aliphatic rings. The van der Waals surface area contributed by atoms with Crippen LogP contribution in [0.3, 0.4) is 0 Å². The van der Waals surface area contributed by atoms with Gasteiger partial charge in [-0.2, -0.15) is 0 Å². The van der Waals surface area contributed by atoms with Gasteiger partial charge in [-0.25, -0.2) is 9.97 Å². The molecule has 0 saturated heterocycles. The van der Waals surface area contributed by atoms with E-state index in [0.29, 0.717) is 21.4 Å². The van der Waals surface area contributed by atoms with Crippen molar-refractivity contribution in [2.24, 2.45) is 0 Å². The van der Waals surface area contributed by atoms with Crippen LogP contribution in [-0.4, -0.2) is 31.8 Å². The molecule has 0 spiro atoms. The van der Waals surface area contributed by atoms with Crippen molar-refractivity contribution in [3.63, 3.8) is 0 Å². The highest BCUT2D eigenvalue weighted by Crippen LogP contribution is 2.36. The van der Waals surface area contributed by atoms with Crippen LogP contribution in [0.5, 0.6) is 5.75 Å². The Morgan fingerprint density at radius 1 is 1.14 bits per heavy atom. The summed E-state index contributed by atoms with van der Waals surface area (Å²) in [6.45, 7) is 2.01. The van der Waals surface area contributed by atoms with Gasteiger partial charge in [0.1, 0.15) is 11.5 Å². The van der Waals surface area contributed by atoms with Crippen molar-refractivity contribution >= 4 is 28.6 Å². The molecule has 148 valence electrons. The van der Waals surface area contributed by atoms with Gasteiger partial charge in [0, 0.05) is 23.5 Å². The van der Waals surface area contributed by atoms with E-state index in [-0.39, 0.29) is 0 Å². The normalized spacial score (nSPS) is 12.3. The molecule has 29 heavy (non-hydrogen) atoms. The molecular formula is C22H20ClN3O2S. The Morgan fingerprint density at radius 2 is 1.90 bits per heavy atom. The minimum atomic E-state index is -1.10. The van der Waals surface area contributed by atoms with Gasteiger partial charge < -0.3 is 9.29 Å². The van der Waals surface area contributed by atoms with E-state index in [4.69, 9.17) is 21.3 Å². The van der Waals surface area contributed by atoms with Gasteiger partial charge in [-0.15, -0.1) is 0 Å². The van der Waals surface area contributed by atoms with Crippen molar-refractivity contribution in [1.29, 1.82) is 0 Å². The summed E-state index contributed by atoms with van der Waals surface area (Å²) in [6.07, 6.45) is 4.48. The van der Waals surface area contributed by atoms with E-state index in [2.05, 4.69) is 4.98 Å². The van der Waals surface area contributed by atoms with E-state index in [1.807, 2.05) is 66.1 Å². The van der Waals surface area contributed by atoms with Gasteiger partial charge >= 0.3 is 0 Å². The molecule has 0 amide bonds. The van der Waals surface area contributed by atoms with Crippen LogP contribution in [0.25, 0.3) is 28.3 Å². The van der Waals surface area contributed by atoms with Crippen molar-refractivity contribution in [3.05, 3.63) is 65.9 Å². The second-order valence-electron chi connectivity index (χ2n) is 6.52. The number of methoxy groups -OCH3 is 1. The van der Waals surface area contributed by atoms with Crippen LogP contribution in [0, 0.1) is 0 Å². The molecule has 1 unspecified atom stereocenters. The second-order valence-corrected chi connectivity index (χ2v) is 8.47. The van der Waals surface area contributed by atoms with Gasteiger partial charge in [0.25, 0.3) is 0 Å². The number of halogens is 1. The van der Waals surface area contributed by atoms with Gasteiger partial charge in [0.15, 0.2) is 4.90 Å². The summed E-state index contributed by atoms with van der Waals surface area (Å²) in [6, 6.07) is 15.2. The maximum Gasteiger partial charge on any atom is 0.234 e. The fraction of sp³-hybridized carbons (Fsp3) is 0.182. The first-order chi connectivity index (χ1) is 14.1. The molecule has 0 aliphatic carbocycles. The van der Waals surface area contributed by atoms with Crippen molar-refractivity contribution in [1.82, 2.24) is 14.4 Å². The largest absolute Gasteiger partial charge is 0.611 e. The van der Waals surface area contributed by atoms with Gasteiger partial charge in [0.2, 0.25) is 5.78 Å². The number of rotatable bonds is 6. The lowest BCUT2D eigenvalue weighted by Gasteiger charge is -2.12. The Hall–Kier alpha value is -2.54. The van der Waals surface area contributed by atoms with E-state index in [1.165, 1.54) is 0 Å². The Balaban J connectivity index is 1.87. The Morgan fingerprint density at radius 3 is 2.59 bits per heavy atom. The Labute approximate surface area is 177 Å². The zero-order valence-electron chi connectivity index (χ0n) is 16.1. The minimum absolute atomic E-state index is 0.494. The predicted octanol–water partition coefficient (Wildman–Crippen LogP) is 5.24. The zero-order valence-corrected chi connectivity index (χ0v) is 17.7. The Kier molecular flexibility index (Phi) is 5.76. The van der Waals surface area contributed by atoms with Crippen LogP contribution in [-0.2, 0) is 11.2 Å². The molecule has 0 bridgehead atoms. The third-order valence-corrected chi connectivity index (χ3v) is 6.66. The first-order valence-electron chi connectivity index (χ1n) is 9.28. The standard InChI is InChI=1S/C22H20ClN3O2S/c1-3-13-29(27)19-10-7-16(14-18(19)23)21-20(15-5-8-17(28-2)9-6-15)25-22-24-11-4-12-26(21)22/h4-12,14H,3,13H2,1-2H3. The predicted molar refractivity (Wildman–Crippen MR) is 117 cm³/mol. The number of benzene rings is 2. The number of fused-ring (bicyclic) bond motifs is 1. The van der Waals surface area contributed by atoms with Gasteiger partial charge in [-0.3, -0.25) is 4.40 Å². The van der Waals surface area contributed by atoms with E-state index in [0.717, 1.165) is 34.7 Å². The second kappa shape index (κ2) is 8.45. The average molecular weight is 426 g/mol. The number of nitrogens with zero attached hydrogens (tertiary/aromatic N) is 3. The lowest BCUT2D eigenvalue weighted by Crippen LogP contribution is -2.06. The Bertz CT molecular complexity index is 1140. The highest BCUT2D eigenvalue weighted by Gasteiger charge is 2.20. The zero-order chi connectivity index (χ0) is 20.4. The third-order valence-electron chi connectivity index (χ3n) is 4.61. The molecule has 0 saturated carbocycles. The van der Waals surface area contributed by atoms with E-state index >= 15 is 0 Å². The molecule has 4 aromatic rings. The monoisotopic (exact) mass is 425 g/mol. The van der Waals surface area contributed by atoms with Crippen LogP contribution in [0.2, 0.25) is 5.02 Å². The highest BCUT2D eigenvalue weighted by atomic mass is 35.5. The molecule has 5 nitrogen and oxygen atoms in total. The van der Waals surface area contributed by atoms with Crippen LogP contribution in [0.15, 0.2) is 65.8 Å². The van der Waals surface area contributed by atoms with Crippen molar-refractivity contribution in [2.75, 3.05) is 12.9 Å². The number of aromatic nitrogens is 3. The first-order valence-corrected chi connectivity index (χ1v) is 11.0. The van der Waals surface area contributed by atoms with Crippen LogP contribution >= 0.6 is 11.6 Å². The molecule has 0 N–H and O–H groups in total. The fourth-order valence-electron chi connectivity index (χ4n) is 3.24. The number of ether oxygens (including phenoxy) is 1. The van der Waals surface area contributed by atoms with Crippen LogP contribution in [0.1, 0.15) is 13.3 Å². The highest BCUT2D eigenvalue weighted by molar-refractivity contribution is 7.91. The number of hydrogen-bond donors (Lipinski definition) is 0. The lowest BCUT2D eigenvalue weighted by atomic mass is 10.0. The minimum Gasteiger partial charge on any atom is -0.611 e. The fourth-order valence-corrected chi connectivity index (χ4v) is 4.77. The van der Waals surface area contributed by atoms with Crippen molar-refractivity contribution in [3.8, 4) is 28.3 Å². The van der Waals surface area contributed by atoms with Gasteiger partial charge in [-0.05, 0) is 66.1 Å². The molecule has 1 atom stereocenters. The molecule has 7 heteroatoms. The molecule has 0 radical (unpaired) electrons. The molecular weight excluding hydrogens is 406 g/mol. The van der Waals surface area contributed by atoms with Gasteiger partial charge in [-0.1, -0.05) is 18.5 Å². The molecule has 0 aliphatic heterocycles. The summed E-state index contributed by atoms with van der Waals surface area (Å²) >= 11 is 5.41. The molecule has 2 aromatic carbocycles. The molecule has 0 fully saturated rings. The van der Waals surface area contributed by atoms with Crippen LogP contribution in [0.4, 0.5) is 0 Å². The lowest BCUT2D eigenvalue weighted by molar-refractivity contribution is 0.415. The van der Waals surface area contributed by atoms with E-state index in [9.17, 15) is 4.55 Å². The van der Waals surface area contributed by atoms with Gasteiger partial charge in [0.05, 0.1) is 23.5 Å². The maximum atomic E-state index is 12.4. The maximum absolute atomic E-state index is 12.4. The number of hydrogen-bond acceptors (Lipinski definition) is 4. The van der Waals surface area contributed by atoms with Crippen molar-refractivity contribution in [2.45, 2.75) is 18.2 Å². The summed E-state index contributed by atoms with van der Waals surface area (Å²) in [7, 11) is 1.64. The SMILES string of the molecule is CCC[S+]([O-])c1ccc(-c2c(-c3ccc(OC)cc3)nc3ncccn23)cc1Cl. The van der Waals surface area contributed by atoms with E-state index < -0.39 is 11.2 Å². The number of imidazole rings is 1. The first kappa shape index (κ1) is 19.8. The summed E-state index contributed by atoms with van der Waals surface area (Å²) in [5.41, 5.74) is 3.51. The molecule has 2 heterocycles. The molecule has 4 rings (SSSR count). The van der Waals surface area contributed by atoms with E-state index in [1.54, 1.807) is 13.3 Å². The summed E-state index contributed by atoms with van der Waals surface area (Å²) in [5, 5.41) is 0.494. The summed E-state index contributed by atoms with van der Waals surface area (Å²) < 4.78 is 19.6. The summed E-state index contributed by atoms with van der Waals surface area (Å²) in [5.74, 6) is 1.97. The van der Waals surface area contributed by atoms with Crippen LogP contribution < -0.4 is 4.74 Å². The topological polar surface area (TPSA) is 62.5 Å². The average Bonchev–Trinajstić information content (AvgIpc) is 3.13.